The number of carbonyl (C=O) groups is 1. The molecule has 1 fully saturated rings. The number of hydrogen-bond acceptors (Lipinski definition) is 3. The van der Waals surface area contributed by atoms with Gasteiger partial charge in [0.15, 0.2) is 5.60 Å². The number of hydrogen-bond donors (Lipinski definition) is 1. The highest BCUT2D eigenvalue weighted by Crippen LogP contribution is 2.43. The molecule has 0 saturated heterocycles. The van der Waals surface area contributed by atoms with Crippen molar-refractivity contribution in [2.45, 2.75) is 65.4 Å². The van der Waals surface area contributed by atoms with E-state index >= 15 is 0 Å². The summed E-state index contributed by atoms with van der Waals surface area (Å²) in [7, 11) is 0. The lowest BCUT2D eigenvalue weighted by molar-refractivity contribution is -0.177. The molecule has 0 aliphatic heterocycles. The standard InChI is InChI=1S/C15H28O3/c1-5-15(17,14(16)18-6-2)13-10-8-7-9-12(13)11(3)4/h11-13,17H,5-10H2,1-4H3. The van der Waals surface area contributed by atoms with Crippen molar-refractivity contribution >= 4 is 5.97 Å². The maximum atomic E-state index is 12.1. The van der Waals surface area contributed by atoms with E-state index in [1.54, 1.807) is 6.92 Å². The second kappa shape index (κ2) is 6.55. The molecule has 0 spiro atoms. The summed E-state index contributed by atoms with van der Waals surface area (Å²) in [5, 5.41) is 10.8. The Bertz CT molecular complexity index is 275. The second-order valence-electron chi connectivity index (χ2n) is 5.80. The Labute approximate surface area is 111 Å². The first kappa shape index (κ1) is 15.5. The molecule has 3 heteroatoms. The molecule has 0 aromatic heterocycles. The van der Waals surface area contributed by atoms with Gasteiger partial charge in [-0.25, -0.2) is 4.79 Å². The molecule has 0 heterocycles. The van der Waals surface area contributed by atoms with E-state index in [1.807, 2.05) is 6.92 Å². The third kappa shape index (κ3) is 3.05. The van der Waals surface area contributed by atoms with Gasteiger partial charge >= 0.3 is 5.97 Å². The zero-order valence-electron chi connectivity index (χ0n) is 12.2. The summed E-state index contributed by atoms with van der Waals surface area (Å²) in [6.45, 7) is 8.37. The van der Waals surface area contributed by atoms with Gasteiger partial charge in [-0.3, -0.25) is 0 Å². The monoisotopic (exact) mass is 256 g/mol. The topological polar surface area (TPSA) is 46.5 Å². The summed E-state index contributed by atoms with van der Waals surface area (Å²) in [6.07, 6.45) is 4.81. The van der Waals surface area contributed by atoms with Gasteiger partial charge in [-0.2, -0.15) is 0 Å². The van der Waals surface area contributed by atoms with Gasteiger partial charge in [0.25, 0.3) is 0 Å². The molecule has 0 radical (unpaired) electrons. The van der Waals surface area contributed by atoms with Crippen LogP contribution in [0, 0.1) is 17.8 Å². The van der Waals surface area contributed by atoms with E-state index in [4.69, 9.17) is 4.74 Å². The molecule has 18 heavy (non-hydrogen) atoms. The lowest BCUT2D eigenvalue weighted by Crippen LogP contribution is -2.51. The third-order valence-corrected chi connectivity index (χ3v) is 4.46. The average Bonchev–Trinajstić information content (AvgIpc) is 2.38. The van der Waals surface area contributed by atoms with Crippen molar-refractivity contribution in [3.8, 4) is 0 Å². The van der Waals surface area contributed by atoms with Crippen LogP contribution in [0.1, 0.15) is 59.8 Å². The van der Waals surface area contributed by atoms with Crippen molar-refractivity contribution < 1.29 is 14.6 Å². The Balaban J connectivity index is 2.92. The smallest absolute Gasteiger partial charge is 0.338 e. The van der Waals surface area contributed by atoms with Crippen LogP contribution in [-0.2, 0) is 9.53 Å². The van der Waals surface area contributed by atoms with Gasteiger partial charge in [0.1, 0.15) is 0 Å². The van der Waals surface area contributed by atoms with E-state index < -0.39 is 11.6 Å². The molecular weight excluding hydrogens is 228 g/mol. The normalized spacial score (nSPS) is 27.9. The van der Waals surface area contributed by atoms with Gasteiger partial charge < -0.3 is 9.84 Å². The van der Waals surface area contributed by atoms with Crippen LogP contribution in [0.25, 0.3) is 0 Å². The quantitative estimate of drug-likeness (QED) is 0.769. The Morgan fingerprint density at radius 2 is 1.94 bits per heavy atom. The number of esters is 1. The summed E-state index contributed by atoms with van der Waals surface area (Å²) in [5.74, 6) is 0.552. The number of aliphatic hydroxyl groups is 1. The summed E-state index contributed by atoms with van der Waals surface area (Å²) >= 11 is 0. The number of ether oxygens (including phenoxy) is 1. The first-order valence-corrected chi connectivity index (χ1v) is 7.36. The molecule has 3 nitrogen and oxygen atoms in total. The largest absolute Gasteiger partial charge is 0.464 e. The summed E-state index contributed by atoms with van der Waals surface area (Å²) in [5.41, 5.74) is -1.29. The minimum Gasteiger partial charge on any atom is -0.464 e. The maximum absolute atomic E-state index is 12.1. The molecule has 1 saturated carbocycles. The fourth-order valence-corrected chi connectivity index (χ4v) is 3.36. The van der Waals surface area contributed by atoms with Crippen molar-refractivity contribution in [1.82, 2.24) is 0 Å². The zero-order chi connectivity index (χ0) is 13.8. The van der Waals surface area contributed by atoms with Crippen LogP contribution in [0.2, 0.25) is 0 Å². The van der Waals surface area contributed by atoms with Crippen LogP contribution in [0.3, 0.4) is 0 Å². The van der Waals surface area contributed by atoms with E-state index in [2.05, 4.69) is 13.8 Å². The summed E-state index contributed by atoms with van der Waals surface area (Å²) < 4.78 is 5.09. The van der Waals surface area contributed by atoms with Crippen molar-refractivity contribution in [2.75, 3.05) is 6.61 Å². The van der Waals surface area contributed by atoms with Crippen LogP contribution < -0.4 is 0 Å². The van der Waals surface area contributed by atoms with Gasteiger partial charge in [0.2, 0.25) is 0 Å². The predicted octanol–water partition coefficient (Wildman–Crippen LogP) is 3.15. The number of carbonyl (C=O) groups excluding carboxylic acids is 1. The molecule has 1 N–H and O–H groups in total. The first-order chi connectivity index (χ1) is 8.47. The highest BCUT2D eigenvalue weighted by molar-refractivity contribution is 5.79. The SMILES string of the molecule is CCOC(=O)C(O)(CC)C1CCCCC1C(C)C. The fourth-order valence-electron chi connectivity index (χ4n) is 3.36. The minimum atomic E-state index is -1.29. The minimum absolute atomic E-state index is 0.0512. The molecule has 0 aromatic rings. The molecule has 0 aromatic carbocycles. The fraction of sp³-hybridized carbons (Fsp3) is 0.933. The van der Waals surface area contributed by atoms with Gasteiger partial charge in [-0.1, -0.05) is 33.6 Å². The first-order valence-electron chi connectivity index (χ1n) is 7.36. The van der Waals surface area contributed by atoms with Crippen LogP contribution in [0.5, 0.6) is 0 Å². The van der Waals surface area contributed by atoms with E-state index in [9.17, 15) is 9.90 Å². The van der Waals surface area contributed by atoms with Crippen molar-refractivity contribution in [2.24, 2.45) is 17.8 Å². The van der Waals surface area contributed by atoms with Crippen LogP contribution in [0.4, 0.5) is 0 Å². The van der Waals surface area contributed by atoms with Gasteiger partial charge in [0, 0.05) is 5.92 Å². The molecule has 3 unspecified atom stereocenters. The van der Waals surface area contributed by atoms with Crippen molar-refractivity contribution in [1.29, 1.82) is 0 Å². The molecular formula is C15H28O3. The highest BCUT2D eigenvalue weighted by Gasteiger charge is 2.48. The average molecular weight is 256 g/mol. The van der Waals surface area contributed by atoms with Gasteiger partial charge in [-0.05, 0) is 38.0 Å². The summed E-state index contributed by atoms with van der Waals surface area (Å²) in [4.78, 5) is 12.1. The van der Waals surface area contributed by atoms with Gasteiger partial charge in [-0.15, -0.1) is 0 Å². The molecule has 1 aliphatic rings. The van der Waals surface area contributed by atoms with Crippen LogP contribution in [-0.4, -0.2) is 23.3 Å². The third-order valence-electron chi connectivity index (χ3n) is 4.46. The Kier molecular flexibility index (Phi) is 5.64. The lowest BCUT2D eigenvalue weighted by Gasteiger charge is -2.42. The molecule has 1 aliphatic carbocycles. The zero-order valence-corrected chi connectivity index (χ0v) is 12.2. The number of rotatable bonds is 5. The van der Waals surface area contributed by atoms with E-state index in [-0.39, 0.29) is 5.92 Å². The van der Waals surface area contributed by atoms with Crippen molar-refractivity contribution in [3.63, 3.8) is 0 Å². The van der Waals surface area contributed by atoms with Crippen molar-refractivity contribution in [3.05, 3.63) is 0 Å². The van der Waals surface area contributed by atoms with Gasteiger partial charge in [0.05, 0.1) is 6.61 Å². The van der Waals surface area contributed by atoms with E-state index in [0.717, 1.165) is 19.3 Å². The second-order valence-corrected chi connectivity index (χ2v) is 5.80. The van der Waals surface area contributed by atoms with Crippen LogP contribution in [0.15, 0.2) is 0 Å². The molecule has 1 rings (SSSR count). The maximum Gasteiger partial charge on any atom is 0.338 e. The lowest BCUT2D eigenvalue weighted by atomic mass is 9.65. The molecule has 0 amide bonds. The van der Waals surface area contributed by atoms with Crippen LogP contribution >= 0.6 is 0 Å². The van der Waals surface area contributed by atoms with E-state index in [0.29, 0.717) is 24.9 Å². The molecule has 0 bridgehead atoms. The highest BCUT2D eigenvalue weighted by atomic mass is 16.5. The molecule has 106 valence electrons. The predicted molar refractivity (Wildman–Crippen MR) is 72.2 cm³/mol. The Morgan fingerprint density at radius 1 is 1.33 bits per heavy atom. The Hall–Kier alpha value is -0.570. The molecule has 3 atom stereocenters. The van der Waals surface area contributed by atoms with E-state index in [1.165, 1.54) is 6.42 Å². The summed E-state index contributed by atoms with van der Waals surface area (Å²) in [6, 6.07) is 0. The Morgan fingerprint density at radius 3 is 2.44 bits per heavy atom.